The maximum atomic E-state index is 13.1. The summed E-state index contributed by atoms with van der Waals surface area (Å²) in [6.45, 7) is 2.16. The number of aromatic nitrogens is 1. The van der Waals surface area contributed by atoms with Gasteiger partial charge in [0, 0.05) is 16.3 Å². The third-order valence-electron chi connectivity index (χ3n) is 5.43. The molecular weight excluding hydrogens is 370 g/mol. The van der Waals surface area contributed by atoms with Gasteiger partial charge in [0.2, 0.25) is 0 Å². The normalized spacial score (nSPS) is 11.1. The molecule has 1 aromatic heterocycles. The number of hydrogen-bond acceptors (Lipinski definition) is 2. The first kappa shape index (κ1) is 18.2. The van der Waals surface area contributed by atoms with Gasteiger partial charge < -0.3 is 9.72 Å². The monoisotopic (exact) mass is 391 g/mol. The highest BCUT2D eigenvalue weighted by Gasteiger charge is 2.23. The number of fused-ring (bicyclic) bond motifs is 3. The van der Waals surface area contributed by atoms with Gasteiger partial charge in [-0.15, -0.1) is 0 Å². The Hall–Kier alpha value is -3.85. The number of aromatic amines is 1. The van der Waals surface area contributed by atoms with Gasteiger partial charge in [-0.2, -0.15) is 0 Å². The summed E-state index contributed by atoms with van der Waals surface area (Å²) in [6, 6.07) is 30.6. The van der Waals surface area contributed by atoms with Gasteiger partial charge in [-0.1, -0.05) is 78.9 Å². The molecule has 0 atom stereocenters. The maximum absolute atomic E-state index is 13.1. The lowest BCUT2D eigenvalue weighted by atomic mass is 9.90. The van der Waals surface area contributed by atoms with Crippen LogP contribution in [0.4, 0.5) is 0 Å². The number of carbonyl (C=O) groups excluding carboxylic acids is 1. The SMILES string of the molecule is CCOC(=O)c1c(-c2ccccc2)cc(-c2ccccc2)c2c1[nH]c1ccccc12. The number of hydrogen-bond donors (Lipinski definition) is 1. The van der Waals surface area contributed by atoms with E-state index in [0.717, 1.165) is 44.1 Å². The minimum Gasteiger partial charge on any atom is -0.462 e. The molecule has 5 aromatic rings. The molecule has 4 aromatic carbocycles. The van der Waals surface area contributed by atoms with Gasteiger partial charge in [0.05, 0.1) is 17.7 Å². The van der Waals surface area contributed by atoms with E-state index in [1.807, 2.05) is 73.7 Å². The third-order valence-corrected chi connectivity index (χ3v) is 5.43. The van der Waals surface area contributed by atoms with Crippen molar-refractivity contribution in [2.45, 2.75) is 6.92 Å². The molecule has 0 fully saturated rings. The Morgan fingerprint density at radius 3 is 2.07 bits per heavy atom. The Morgan fingerprint density at radius 2 is 1.40 bits per heavy atom. The zero-order valence-corrected chi connectivity index (χ0v) is 16.7. The van der Waals surface area contributed by atoms with Crippen LogP contribution in [-0.2, 0) is 4.74 Å². The smallest absolute Gasteiger partial charge is 0.340 e. The van der Waals surface area contributed by atoms with E-state index in [-0.39, 0.29) is 5.97 Å². The van der Waals surface area contributed by atoms with Gasteiger partial charge in [-0.25, -0.2) is 4.79 Å². The Bertz CT molecular complexity index is 1350. The van der Waals surface area contributed by atoms with E-state index in [1.165, 1.54) is 0 Å². The van der Waals surface area contributed by atoms with Gasteiger partial charge in [-0.05, 0) is 41.3 Å². The van der Waals surface area contributed by atoms with Crippen molar-refractivity contribution in [3.63, 3.8) is 0 Å². The molecule has 0 amide bonds. The predicted octanol–water partition coefficient (Wildman–Crippen LogP) is 6.83. The van der Waals surface area contributed by atoms with E-state index in [9.17, 15) is 4.79 Å². The molecular formula is C27H21NO2. The molecule has 1 heterocycles. The minimum atomic E-state index is -0.312. The van der Waals surface area contributed by atoms with Gasteiger partial charge in [-0.3, -0.25) is 0 Å². The second-order valence-corrected chi connectivity index (χ2v) is 7.22. The van der Waals surface area contributed by atoms with E-state index >= 15 is 0 Å². The molecule has 3 nitrogen and oxygen atoms in total. The largest absolute Gasteiger partial charge is 0.462 e. The fraction of sp³-hybridized carbons (Fsp3) is 0.0741. The summed E-state index contributed by atoms with van der Waals surface area (Å²) in [5.41, 5.74) is 6.45. The van der Waals surface area contributed by atoms with Crippen LogP contribution in [0.15, 0.2) is 91.0 Å². The van der Waals surface area contributed by atoms with Crippen molar-refractivity contribution < 1.29 is 9.53 Å². The molecule has 0 aliphatic rings. The van der Waals surface area contributed by atoms with Crippen LogP contribution < -0.4 is 0 Å². The number of ether oxygens (including phenoxy) is 1. The molecule has 0 aliphatic heterocycles. The Labute approximate surface area is 174 Å². The van der Waals surface area contributed by atoms with Crippen molar-refractivity contribution in [2.75, 3.05) is 6.61 Å². The van der Waals surface area contributed by atoms with Crippen LogP contribution in [0.1, 0.15) is 17.3 Å². The minimum absolute atomic E-state index is 0.312. The average molecular weight is 391 g/mol. The molecule has 0 spiro atoms. The highest BCUT2D eigenvalue weighted by molar-refractivity contribution is 6.22. The van der Waals surface area contributed by atoms with Crippen LogP contribution in [0.2, 0.25) is 0 Å². The van der Waals surface area contributed by atoms with Crippen LogP contribution in [0.5, 0.6) is 0 Å². The number of rotatable bonds is 4. The van der Waals surface area contributed by atoms with Crippen LogP contribution in [0, 0.1) is 0 Å². The number of carbonyl (C=O) groups is 1. The van der Waals surface area contributed by atoms with Crippen molar-refractivity contribution in [3.05, 3.63) is 96.6 Å². The first-order valence-corrected chi connectivity index (χ1v) is 10.1. The van der Waals surface area contributed by atoms with Gasteiger partial charge >= 0.3 is 5.97 Å². The van der Waals surface area contributed by atoms with Crippen molar-refractivity contribution in [1.82, 2.24) is 4.98 Å². The summed E-state index contributed by atoms with van der Waals surface area (Å²) < 4.78 is 5.48. The molecule has 30 heavy (non-hydrogen) atoms. The topological polar surface area (TPSA) is 42.1 Å². The summed E-state index contributed by atoms with van der Waals surface area (Å²) in [5, 5.41) is 2.14. The molecule has 3 heteroatoms. The van der Waals surface area contributed by atoms with Crippen molar-refractivity contribution in [2.24, 2.45) is 0 Å². The van der Waals surface area contributed by atoms with Crippen molar-refractivity contribution >= 4 is 27.8 Å². The van der Waals surface area contributed by atoms with Gasteiger partial charge in [0.25, 0.3) is 0 Å². The number of H-pyrrole nitrogens is 1. The zero-order valence-electron chi connectivity index (χ0n) is 16.7. The Balaban J connectivity index is 1.96. The molecule has 0 aliphatic carbocycles. The number of esters is 1. The summed E-state index contributed by atoms with van der Waals surface area (Å²) >= 11 is 0. The summed E-state index contributed by atoms with van der Waals surface area (Å²) in [7, 11) is 0. The predicted molar refractivity (Wildman–Crippen MR) is 123 cm³/mol. The highest BCUT2D eigenvalue weighted by Crippen LogP contribution is 2.41. The summed E-state index contributed by atoms with van der Waals surface area (Å²) in [5.74, 6) is -0.312. The average Bonchev–Trinajstić information content (AvgIpc) is 3.18. The molecule has 5 rings (SSSR count). The Kier molecular flexibility index (Phi) is 4.56. The molecule has 1 N–H and O–H groups in total. The molecule has 146 valence electrons. The van der Waals surface area contributed by atoms with E-state index < -0.39 is 0 Å². The second-order valence-electron chi connectivity index (χ2n) is 7.22. The zero-order chi connectivity index (χ0) is 20.5. The number of para-hydroxylation sites is 1. The lowest BCUT2D eigenvalue weighted by Gasteiger charge is -2.15. The van der Waals surface area contributed by atoms with Crippen molar-refractivity contribution in [3.8, 4) is 22.3 Å². The molecule has 0 unspecified atom stereocenters. The lowest BCUT2D eigenvalue weighted by molar-refractivity contribution is 0.0529. The fourth-order valence-corrected chi connectivity index (χ4v) is 4.14. The van der Waals surface area contributed by atoms with Gasteiger partial charge in [0.1, 0.15) is 0 Å². The van der Waals surface area contributed by atoms with Crippen molar-refractivity contribution in [1.29, 1.82) is 0 Å². The molecule has 0 radical (unpaired) electrons. The van der Waals surface area contributed by atoms with E-state index in [0.29, 0.717) is 12.2 Å². The highest BCUT2D eigenvalue weighted by atomic mass is 16.5. The lowest BCUT2D eigenvalue weighted by Crippen LogP contribution is -2.08. The number of benzene rings is 4. The van der Waals surface area contributed by atoms with Crippen LogP contribution in [0.3, 0.4) is 0 Å². The quantitative estimate of drug-likeness (QED) is 0.341. The first-order valence-electron chi connectivity index (χ1n) is 10.1. The van der Waals surface area contributed by atoms with Crippen LogP contribution in [0.25, 0.3) is 44.1 Å². The summed E-state index contributed by atoms with van der Waals surface area (Å²) in [4.78, 5) is 16.6. The maximum Gasteiger partial charge on any atom is 0.340 e. The molecule has 0 bridgehead atoms. The Morgan fingerprint density at radius 1 is 0.800 bits per heavy atom. The number of nitrogens with one attached hydrogen (secondary N) is 1. The first-order chi connectivity index (χ1) is 14.8. The van der Waals surface area contributed by atoms with E-state index in [1.54, 1.807) is 0 Å². The standard InChI is InChI=1S/C27H21NO2/c1-2-30-27(29)25-22(19-13-7-4-8-14-19)17-21(18-11-5-3-6-12-18)24-20-15-9-10-16-23(20)28-26(24)25/h3-17,28H,2H2,1H3. The molecule has 0 saturated carbocycles. The molecule has 0 saturated heterocycles. The van der Waals surface area contributed by atoms with E-state index in [4.69, 9.17) is 4.74 Å². The van der Waals surface area contributed by atoms with E-state index in [2.05, 4.69) is 29.2 Å². The second kappa shape index (κ2) is 7.53. The summed E-state index contributed by atoms with van der Waals surface area (Å²) in [6.07, 6.45) is 0. The van der Waals surface area contributed by atoms with Crippen LogP contribution >= 0.6 is 0 Å². The van der Waals surface area contributed by atoms with Crippen LogP contribution in [-0.4, -0.2) is 17.6 Å². The van der Waals surface area contributed by atoms with Gasteiger partial charge in [0.15, 0.2) is 0 Å². The fourth-order valence-electron chi connectivity index (χ4n) is 4.14. The third kappa shape index (κ3) is 2.96.